The van der Waals surface area contributed by atoms with Gasteiger partial charge in [-0.2, -0.15) is 0 Å². The molecule has 0 bridgehead atoms. The molecule has 0 radical (unpaired) electrons. The van der Waals surface area contributed by atoms with Gasteiger partial charge in [0.05, 0.1) is 76.1 Å². The lowest BCUT2D eigenvalue weighted by atomic mass is 10.1. The SMILES string of the molecule is NNC(=O)C(O)C1[C@H](COC[C@H]2OC3(CO)C(C2O)[C@@H]3COC[C@H]2OC3(CO)C(O)C3C2O)C1(O)CO. The Hall–Kier alpha value is -1.05. The molecule has 15 nitrogen and oxygen atoms in total. The quantitative estimate of drug-likeness (QED) is 0.0597. The molecular weight excluding hydrogens is 500 g/mol. The average molecular weight is 537 g/mol. The van der Waals surface area contributed by atoms with E-state index >= 15 is 0 Å². The van der Waals surface area contributed by atoms with Crippen molar-refractivity contribution in [1.82, 2.24) is 5.43 Å². The molecule has 37 heavy (non-hydrogen) atoms. The standard InChI is InChI=1S/C22H36N2O13/c23-24-19(32)17(30)12-8(20(12,33)5-25)1-34-3-10-15(28)13-9(21(13,6-26)36-10)2-35-4-11-16(29)14-18(31)22(14,7-27)37-11/h8-18,25-31,33H,1-7,23H2,(H,24,32)/t8-,9-,10+,11+,12?,13?,14?,15?,16?,17?,18?,20?,21?,22?/m0/s1. The van der Waals surface area contributed by atoms with Crippen LogP contribution < -0.4 is 11.3 Å². The third kappa shape index (κ3) is 3.96. The van der Waals surface area contributed by atoms with Crippen molar-refractivity contribution in [3.05, 3.63) is 0 Å². The number of hydrogen-bond acceptors (Lipinski definition) is 14. The normalized spacial score (nSPS) is 51.9. The van der Waals surface area contributed by atoms with Gasteiger partial charge in [0.15, 0.2) is 0 Å². The Bertz CT molecular complexity index is 884. The van der Waals surface area contributed by atoms with Crippen molar-refractivity contribution in [1.29, 1.82) is 0 Å². The molecule has 5 rings (SSSR count). The number of aliphatic hydroxyl groups is 8. The molecule has 15 heteroatoms. The molecule has 2 saturated heterocycles. The zero-order valence-corrected chi connectivity index (χ0v) is 20.0. The third-order valence-corrected chi connectivity index (χ3v) is 9.25. The molecule has 11 N–H and O–H groups in total. The predicted octanol–water partition coefficient (Wildman–Crippen LogP) is -6.44. The Morgan fingerprint density at radius 3 is 1.89 bits per heavy atom. The number of carbonyl (C=O) groups excluding carboxylic acids is 1. The van der Waals surface area contributed by atoms with Crippen LogP contribution in [0.1, 0.15) is 0 Å². The summed E-state index contributed by atoms with van der Waals surface area (Å²) in [6.07, 6.45) is -5.98. The van der Waals surface area contributed by atoms with Gasteiger partial charge in [-0.05, 0) is 0 Å². The first-order valence-corrected chi connectivity index (χ1v) is 12.4. The van der Waals surface area contributed by atoms with Gasteiger partial charge in [-0.3, -0.25) is 10.2 Å². The van der Waals surface area contributed by atoms with E-state index in [0.717, 1.165) is 0 Å². The second-order valence-electron chi connectivity index (χ2n) is 10.9. The minimum absolute atomic E-state index is 0.00382. The highest BCUT2D eigenvalue weighted by Gasteiger charge is 2.76. The molecule has 212 valence electrons. The zero-order valence-electron chi connectivity index (χ0n) is 20.0. The molecule has 0 aromatic rings. The number of amides is 1. The fourth-order valence-corrected chi connectivity index (χ4v) is 6.81. The molecule has 1 amide bonds. The smallest absolute Gasteiger partial charge is 0.263 e. The Morgan fingerprint density at radius 2 is 1.41 bits per heavy atom. The second-order valence-corrected chi connectivity index (χ2v) is 10.9. The van der Waals surface area contributed by atoms with Crippen molar-refractivity contribution in [2.24, 2.45) is 35.4 Å². The fraction of sp³-hybridized carbons (Fsp3) is 0.955. The summed E-state index contributed by atoms with van der Waals surface area (Å²) in [4.78, 5) is 11.6. The lowest BCUT2D eigenvalue weighted by Crippen LogP contribution is -2.42. The van der Waals surface area contributed by atoms with E-state index in [1.165, 1.54) is 0 Å². The Morgan fingerprint density at radius 1 is 0.865 bits per heavy atom. The van der Waals surface area contributed by atoms with E-state index in [-0.39, 0.29) is 39.0 Å². The van der Waals surface area contributed by atoms with Crippen molar-refractivity contribution in [2.45, 2.75) is 53.4 Å². The van der Waals surface area contributed by atoms with Gasteiger partial charge in [0, 0.05) is 23.7 Å². The van der Waals surface area contributed by atoms with E-state index in [1.807, 2.05) is 0 Å². The highest BCUT2D eigenvalue weighted by atomic mass is 16.6. The van der Waals surface area contributed by atoms with Crippen molar-refractivity contribution < 1.29 is 64.6 Å². The summed E-state index contributed by atoms with van der Waals surface area (Å²) in [6, 6.07) is 0. The first-order valence-electron chi connectivity index (χ1n) is 12.4. The summed E-state index contributed by atoms with van der Waals surface area (Å²) < 4.78 is 22.8. The van der Waals surface area contributed by atoms with Gasteiger partial charge in [-0.15, -0.1) is 0 Å². The minimum atomic E-state index is -1.70. The van der Waals surface area contributed by atoms with Gasteiger partial charge < -0.3 is 59.8 Å². The summed E-state index contributed by atoms with van der Waals surface area (Å²) in [5.74, 6) is 1.11. The van der Waals surface area contributed by atoms with Crippen LogP contribution in [0.2, 0.25) is 0 Å². The number of fused-ring (bicyclic) bond motifs is 2. The van der Waals surface area contributed by atoms with Crippen LogP contribution in [0, 0.1) is 29.6 Å². The maximum Gasteiger partial charge on any atom is 0.263 e. The van der Waals surface area contributed by atoms with Crippen LogP contribution in [0.3, 0.4) is 0 Å². The largest absolute Gasteiger partial charge is 0.393 e. The molecule has 3 saturated carbocycles. The first kappa shape index (κ1) is 27.5. The zero-order chi connectivity index (χ0) is 26.9. The van der Waals surface area contributed by atoms with Gasteiger partial charge in [0.25, 0.3) is 5.91 Å². The predicted molar refractivity (Wildman–Crippen MR) is 117 cm³/mol. The van der Waals surface area contributed by atoms with Crippen LogP contribution in [0.15, 0.2) is 0 Å². The van der Waals surface area contributed by atoms with Gasteiger partial charge in [-0.25, -0.2) is 5.84 Å². The fourth-order valence-electron chi connectivity index (χ4n) is 6.81. The number of nitrogens with one attached hydrogen (secondary N) is 1. The van der Waals surface area contributed by atoms with Crippen molar-refractivity contribution >= 4 is 5.91 Å². The van der Waals surface area contributed by atoms with Crippen LogP contribution in [0.4, 0.5) is 0 Å². The van der Waals surface area contributed by atoms with Gasteiger partial charge in [0.1, 0.15) is 29.5 Å². The Balaban J connectivity index is 1.06. The maximum atomic E-state index is 11.6. The highest BCUT2D eigenvalue weighted by Crippen LogP contribution is 2.62. The van der Waals surface area contributed by atoms with Crippen molar-refractivity contribution in [2.75, 3.05) is 46.2 Å². The van der Waals surface area contributed by atoms with Gasteiger partial charge in [-0.1, -0.05) is 0 Å². The van der Waals surface area contributed by atoms with Crippen LogP contribution in [-0.4, -0.2) is 146 Å². The number of rotatable bonds is 13. The second kappa shape index (κ2) is 9.55. The number of ether oxygens (including phenoxy) is 4. The lowest BCUT2D eigenvalue weighted by Gasteiger charge is -2.24. The Labute approximate surface area is 211 Å². The van der Waals surface area contributed by atoms with Crippen LogP contribution >= 0.6 is 0 Å². The maximum absolute atomic E-state index is 11.6. The lowest BCUT2D eigenvalue weighted by molar-refractivity contribution is -0.132. The van der Waals surface area contributed by atoms with Gasteiger partial charge in [0.2, 0.25) is 0 Å². The number of carbonyl (C=O) groups is 1. The van der Waals surface area contributed by atoms with E-state index in [2.05, 4.69) is 0 Å². The number of aliphatic hydroxyl groups excluding tert-OH is 7. The van der Waals surface area contributed by atoms with E-state index in [9.17, 15) is 45.6 Å². The monoisotopic (exact) mass is 536 g/mol. The number of nitrogens with two attached hydrogens (primary N) is 1. The van der Waals surface area contributed by atoms with E-state index < -0.39 is 96.2 Å². The van der Waals surface area contributed by atoms with Crippen molar-refractivity contribution in [3.8, 4) is 0 Å². The molecule has 5 aliphatic rings. The van der Waals surface area contributed by atoms with Crippen molar-refractivity contribution in [3.63, 3.8) is 0 Å². The van der Waals surface area contributed by atoms with E-state index in [0.29, 0.717) is 0 Å². The van der Waals surface area contributed by atoms with E-state index in [4.69, 9.17) is 24.8 Å². The average Bonchev–Trinajstić information content (AvgIpc) is 3.77. The molecule has 2 heterocycles. The minimum Gasteiger partial charge on any atom is -0.393 e. The molecule has 14 atom stereocenters. The summed E-state index contributed by atoms with van der Waals surface area (Å²) in [5, 5.41) is 80.2. The molecular formula is C22H36N2O13. The molecule has 10 unspecified atom stereocenters. The Kier molecular flexibility index (Phi) is 7.10. The van der Waals surface area contributed by atoms with Crippen LogP contribution in [0.25, 0.3) is 0 Å². The molecule has 0 spiro atoms. The number of hydrazine groups is 1. The molecule has 0 aromatic carbocycles. The highest BCUT2D eigenvalue weighted by molar-refractivity contribution is 5.81. The summed E-state index contributed by atoms with van der Waals surface area (Å²) >= 11 is 0. The topological polar surface area (TPSA) is 254 Å². The number of hydrogen-bond donors (Lipinski definition) is 10. The van der Waals surface area contributed by atoms with Crippen LogP contribution in [0.5, 0.6) is 0 Å². The van der Waals surface area contributed by atoms with Gasteiger partial charge >= 0.3 is 0 Å². The summed E-state index contributed by atoms with van der Waals surface area (Å²) in [7, 11) is 0. The molecule has 5 fully saturated rings. The first-order chi connectivity index (χ1) is 17.6. The summed E-state index contributed by atoms with van der Waals surface area (Å²) in [5.41, 5.74) is -2.06. The molecule has 2 aliphatic heterocycles. The molecule has 3 aliphatic carbocycles. The molecule has 0 aromatic heterocycles. The van der Waals surface area contributed by atoms with E-state index in [1.54, 1.807) is 5.43 Å². The van der Waals surface area contributed by atoms with Crippen LogP contribution in [-0.2, 0) is 23.7 Å². The third-order valence-electron chi connectivity index (χ3n) is 9.25. The summed E-state index contributed by atoms with van der Waals surface area (Å²) in [6.45, 7) is -1.55.